The van der Waals surface area contributed by atoms with E-state index in [-0.39, 0.29) is 0 Å². The molecule has 5 nitrogen and oxygen atoms in total. The normalized spacial score (nSPS) is 18.5. The largest absolute Gasteiger partial charge is 0.329 e. The van der Waals surface area contributed by atoms with Gasteiger partial charge in [0.1, 0.15) is 12.2 Å². The van der Waals surface area contributed by atoms with E-state index in [1.54, 1.807) is 0 Å². The van der Waals surface area contributed by atoms with Crippen molar-refractivity contribution in [3.05, 3.63) is 48.0 Å². The maximum absolute atomic E-state index is 6.05. The van der Waals surface area contributed by atoms with Crippen LogP contribution in [0, 0.1) is 0 Å². The summed E-state index contributed by atoms with van der Waals surface area (Å²) in [4.78, 5) is 2.43. The highest BCUT2D eigenvalue weighted by atomic mass is 15.3. The third-order valence-corrected chi connectivity index (χ3v) is 4.28. The van der Waals surface area contributed by atoms with E-state index in [1.807, 2.05) is 6.33 Å². The lowest BCUT2D eigenvalue weighted by Gasteiger charge is -2.37. The van der Waals surface area contributed by atoms with Gasteiger partial charge in [0.25, 0.3) is 0 Å². The minimum absolute atomic E-state index is 0.336. The highest BCUT2D eigenvalue weighted by Crippen LogP contribution is 2.25. The standard InChI is InChI=1S/C15H21N5/c1-12(13-5-3-2-4-6-13)14(9-16)19-7-8-20-11-17-18-15(20)10-19/h2-6,11-12,14H,7-10,16H2,1H3. The summed E-state index contributed by atoms with van der Waals surface area (Å²) in [5.74, 6) is 1.45. The Morgan fingerprint density at radius 2 is 2.05 bits per heavy atom. The molecule has 0 saturated carbocycles. The van der Waals surface area contributed by atoms with Crippen LogP contribution in [0.2, 0.25) is 0 Å². The Hall–Kier alpha value is -1.72. The maximum atomic E-state index is 6.05. The average Bonchev–Trinajstić information content (AvgIpc) is 2.96. The summed E-state index contributed by atoms with van der Waals surface area (Å²) in [5.41, 5.74) is 7.40. The molecule has 0 saturated heterocycles. The summed E-state index contributed by atoms with van der Waals surface area (Å²) in [6.45, 7) is 5.69. The Balaban J connectivity index is 1.77. The molecular weight excluding hydrogens is 250 g/mol. The number of hydrogen-bond acceptors (Lipinski definition) is 4. The summed E-state index contributed by atoms with van der Waals surface area (Å²) in [6.07, 6.45) is 1.81. The predicted octanol–water partition coefficient (Wildman–Crippen LogP) is 1.22. The molecule has 2 atom stereocenters. The molecule has 2 unspecified atom stereocenters. The highest BCUT2D eigenvalue weighted by Gasteiger charge is 2.28. The number of fused-ring (bicyclic) bond motifs is 1. The second kappa shape index (κ2) is 5.73. The second-order valence-electron chi connectivity index (χ2n) is 5.41. The molecule has 3 rings (SSSR count). The van der Waals surface area contributed by atoms with E-state index >= 15 is 0 Å². The Morgan fingerprint density at radius 3 is 2.80 bits per heavy atom. The van der Waals surface area contributed by atoms with Crippen LogP contribution in [0.15, 0.2) is 36.7 Å². The van der Waals surface area contributed by atoms with Crippen LogP contribution in [0.4, 0.5) is 0 Å². The van der Waals surface area contributed by atoms with Crippen LogP contribution < -0.4 is 5.73 Å². The molecule has 106 valence electrons. The van der Waals surface area contributed by atoms with Gasteiger partial charge in [0.2, 0.25) is 0 Å². The fourth-order valence-corrected chi connectivity index (χ4v) is 3.02. The summed E-state index contributed by atoms with van der Waals surface area (Å²) < 4.78 is 2.12. The van der Waals surface area contributed by atoms with Crippen molar-refractivity contribution < 1.29 is 0 Å². The van der Waals surface area contributed by atoms with Crippen LogP contribution in [-0.4, -0.2) is 38.8 Å². The van der Waals surface area contributed by atoms with Gasteiger partial charge in [-0.05, 0) is 11.5 Å². The van der Waals surface area contributed by atoms with E-state index < -0.39 is 0 Å². The minimum Gasteiger partial charge on any atom is -0.329 e. The van der Waals surface area contributed by atoms with Gasteiger partial charge in [-0.15, -0.1) is 10.2 Å². The van der Waals surface area contributed by atoms with Crippen molar-refractivity contribution in [3.8, 4) is 0 Å². The zero-order valence-corrected chi connectivity index (χ0v) is 11.8. The first-order chi connectivity index (χ1) is 9.79. The molecule has 0 fully saturated rings. The maximum Gasteiger partial charge on any atom is 0.147 e. The smallest absolute Gasteiger partial charge is 0.147 e. The minimum atomic E-state index is 0.336. The van der Waals surface area contributed by atoms with Crippen LogP contribution >= 0.6 is 0 Å². The van der Waals surface area contributed by atoms with E-state index in [1.165, 1.54) is 5.56 Å². The number of benzene rings is 1. The Kier molecular flexibility index (Phi) is 3.80. The molecule has 2 aromatic rings. The lowest BCUT2D eigenvalue weighted by Crippen LogP contribution is -2.47. The van der Waals surface area contributed by atoms with Gasteiger partial charge in [0.05, 0.1) is 6.54 Å². The molecule has 0 bridgehead atoms. The molecule has 0 aliphatic carbocycles. The van der Waals surface area contributed by atoms with Gasteiger partial charge in [-0.25, -0.2) is 0 Å². The Morgan fingerprint density at radius 1 is 1.25 bits per heavy atom. The molecule has 1 aromatic carbocycles. The third kappa shape index (κ3) is 2.46. The monoisotopic (exact) mass is 271 g/mol. The molecule has 2 N–H and O–H groups in total. The molecule has 20 heavy (non-hydrogen) atoms. The molecule has 1 aliphatic rings. The molecule has 0 spiro atoms. The SMILES string of the molecule is CC(c1ccccc1)C(CN)N1CCn2cnnc2C1. The lowest BCUT2D eigenvalue weighted by molar-refractivity contribution is 0.139. The topological polar surface area (TPSA) is 60.0 Å². The summed E-state index contributed by atoms with van der Waals surface area (Å²) in [5, 5.41) is 8.17. The van der Waals surface area contributed by atoms with Gasteiger partial charge in [-0.1, -0.05) is 37.3 Å². The zero-order valence-electron chi connectivity index (χ0n) is 11.8. The van der Waals surface area contributed by atoms with Crippen molar-refractivity contribution in [2.24, 2.45) is 5.73 Å². The quantitative estimate of drug-likeness (QED) is 0.908. The van der Waals surface area contributed by atoms with Crippen LogP contribution in [0.25, 0.3) is 0 Å². The predicted molar refractivity (Wildman–Crippen MR) is 78.1 cm³/mol. The van der Waals surface area contributed by atoms with Crippen LogP contribution in [0.1, 0.15) is 24.2 Å². The van der Waals surface area contributed by atoms with Crippen LogP contribution in [0.3, 0.4) is 0 Å². The van der Waals surface area contributed by atoms with E-state index in [4.69, 9.17) is 5.73 Å². The molecule has 0 amide bonds. The van der Waals surface area contributed by atoms with Gasteiger partial charge in [-0.3, -0.25) is 4.90 Å². The van der Waals surface area contributed by atoms with E-state index in [0.717, 1.165) is 25.5 Å². The summed E-state index contributed by atoms with van der Waals surface area (Å²) in [6, 6.07) is 10.9. The zero-order chi connectivity index (χ0) is 13.9. The molecule has 2 heterocycles. The highest BCUT2D eigenvalue weighted by molar-refractivity contribution is 5.21. The number of hydrogen-bond donors (Lipinski definition) is 1. The number of rotatable bonds is 4. The first-order valence-corrected chi connectivity index (χ1v) is 7.15. The van der Waals surface area contributed by atoms with Gasteiger partial charge >= 0.3 is 0 Å². The Bertz CT molecular complexity index is 550. The van der Waals surface area contributed by atoms with Gasteiger partial charge < -0.3 is 10.3 Å². The van der Waals surface area contributed by atoms with Gasteiger partial charge in [0, 0.05) is 25.7 Å². The number of nitrogens with zero attached hydrogens (tertiary/aromatic N) is 4. The molecule has 1 aromatic heterocycles. The van der Waals surface area contributed by atoms with Crippen molar-refractivity contribution in [1.29, 1.82) is 0 Å². The lowest BCUT2D eigenvalue weighted by atomic mass is 9.92. The van der Waals surface area contributed by atoms with Crippen molar-refractivity contribution >= 4 is 0 Å². The fraction of sp³-hybridized carbons (Fsp3) is 0.467. The van der Waals surface area contributed by atoms with Crippen LogP contribution in [-0.2, 0) is 13.1 Å². The van der Waals surface area contributed by atoms with Crippen molar-refractivity contribution in [2.75, 3.05) is 13.1 Å². The van der Waals surface area contributed by atoms with E-state index in [2.05, 4.69) is 56.9 Å². The molecular formula is C15H21N5. The first-order valence-electron chi connectivity index (χ1n) is 7.15. The van der Waals surface area contributed by atoms with E-state index in [0.29, 0.717) is 18.5 Å². The first kappa shape index (κ1) is 13.3. The molecule has 5 heteroatoms. The van der Waals surface area contributed by atoms with Crippen molar-refractivity contribution in [1.82, 2.24) is 19.7 Å². The molecule has 0 radical (unpaired) electrons. The Labute approximate surface area is 119 Å². The average molecular weight is 271 g/mol. The van der Waals surface area contributed by atoms with Crippen LogP contribution in [0.5, 0.6) is 0 Å². The fourth-order valence-electron chi connectivity index (χ4n) is 3.02. The second-order valence-corrected chi connectivity index (χ2v) is 5.41. The summed E-state index contributed by atoms with van der Waals surface area (Å²) >= 11 is 0. The van der Waals surface area contributed by atoms with Crippen molar-refractivity contribution in [3.63, 3.8) is 0 Å². The van der Waals surface area contributed by atoms with E-state index in [9.17, 15) is 0 Å². The molecule has 1 aliphatic heterocycles. The third-order valence-electron chi connectivity index (χ3n) is 4.28. The number of aromatic nitrogens is 3. The van der Waals surface area contributed by atoms with Gasteiger partial charge in [-0.2, -0.15) is 0 Å². The number of nitrogens with two attached hydrogens (primary N) is 1. The van der Waals surface area contributed by atoms with Crippen molar-refractivity contribution in [2.45, 2.75) is 32.0 Å². The van der Waals surface area contributed by atoms with Gasteiger partial charge in [0.15, 0.2) is 0 Å². The summed E-state index contributed by atoms with van der Waals surface area (Å²) in [7, 11) is 0.